The average molecular weight is 296 g/mol. The van der Waals surface area contributed by atoms with E-state index in [0.717, 1.165) is 6.42 Å². The Kier molecular flexibility index (Phi) is 13.6. The van der Waals surface area contributed by atoms with Crippen LogP contribution in [-0.4, -0.2) is 31.4 Å². The summed E-state index contributed by atoms with van der Waals surface area (Å²) in [5.41, 5.74) is 5.88. The van der Waals surface area contributed by atoms with E-state index in [1.807, 2.05) is 6.08 Å². The van der Waals surface area contributed by atoms with Gasteiger partial charge < -0.3 is 10.6 Å². The van der Waals surface area contributed by atoms with Crippen LogP contribution in [0.5, 0.6) is 0 Å². The van der Waals surface area contributed by atoms with Crippen LogP contribution in [0.2, 0.25) is 0 Å². The van der Waals surface area contributed by atoms with Crippen LogP contribution in [0.1, 0.15) is 77.6 Å². The van der Waals surface area contributed by atoms with E-state index in [1.165, 1.54) is 70.8 Å². The van der Waals surface area contributed by atoms with Gasteiger partial charge in [0.1, 0.15) is 0 Å². The first-order chi connectivity index (χ1) is 10.0. The lowest BCUT2D eigenvalue weighted by atomic mass is 10.1. The number of allylic oxidation sites excluding steroid dienone is 1. The molecule has 0 aliphatic carbocycles. The third kappa shape index (κ3) is 15.4. The van der Waals surface area contributed by atoms with Crippen LogP contribution in [0.4, 0.5) is 0 Å². The summed E-state index contributed by atoms with van der Waals surface area (Å²) in [5, 5.41) is 0. The normalized spacial score (nSPS) is 12.1. The molecule has 0 aromatic heterocycles. The monoisotopic (exact) mass is 296 g/mol. The molecule has 0 aromatic carbocycles. The number of rotatable bonds is 14. The fourth-order valence-electron chi connectivity index (χ4n) is 2.41. The molecule has 0 radical (unpaired) electrons. The first kappa shape index (κ1) is 20.2. The summed E-state index contributed by atoms with van der Waals surface area (Å²) in [6.45, 7) is 3.02. The van der Waals surface area contributed by atoms with E-state index in [1.54, 1.807) is 6.92 Å². The van der Waals surface area contributed by atoms with Gasteiger partial charge in [-0.25, -0.2) is 0 Å². The standard InChI is InChI=1S/C18H36N2O/c1-17(18(19)21)15-13-11-9-7-5-4-6-8-10-12-14-16-20(2)3/h15H,4-14,16H2,1-3H3,(H2,19,21). The van der Waals surface area contributed by atoms with Crippen molar-refractivity contribution in [3.05, 3.63) is 11.6 Å². The Bertz CT molecular complexity index is 285. The lowest BCUT2D eigenvalue weighted by Gasteiger charge is -2.08. The van der Waals surface area contributed by atoms with Crippen molar-refractivity contribution in [3.8, 4) is 0 Å². The van der Waals surface area contributed by atoms with Crippen LogP contribution in [0.15, 0.2) is 11.6 Å². The summed E-state index contributed by atoms with van der Waals surface area (Å²) in [7, 11) is 4.29. The molecule has 0 bridgehead atoms. The highest BCUT2D eigenvalue weighted by Gasteiger charge is 1.96. The van der Waals surface area contributed by atoms with Crippen molar-refractivity contribution in [2.45, 2.75) is 77.6 Å². The van der Waals surface area contributed by atoms with Crippen molar-refractivity contribution >= 4 is 5.91 Å². The molecule has 124 valence electrons. The predicted octanol–water partition coefficient (Wildman–Crippen LogP) is 4.27. The van der Waals surface area contributed by atoms with Gasteiger partial charge in [-0.15, -0.1) is 0 Å². The number of primary amides is 1. The number of amides is 1. The van der Waals surface area contributed by atoms with Gasteiger partial charge in [0, 0.05) is 5.57 Å². The second kappa shape index (κ2) is 14.1. The van der Waals surface area contributed by atoms with Gasteiger partial charge in [0.2, 0.25) is 5.91 Å². The van der Waals surface area contributed by atoms with Gasteiger partial charge in [-0.05, 0) is 46.8 Å². The number of unbranched alkanes of at least 4 members (excludes halogenated alkanes) is 10. The third-order valence-electron chi connectivity index (χ3n) is 3.90. The Labute approximate surface area is 132 Å². The fourth-order valence-corrected chi connectivity index (χ4v) is 2.41. The van der Waals surface area contributed by atoms with E-state index >= 15 is 0 Å². The minimum atomic E-state index is -0.291. The molecule has 0 spiro atoms. The molecule has 0 aliphatic heterocycles. The minimum Gasteiger partial charge on any atom is -0.366 e. The molecule has 2 N–H and O–H groups in total. The maximum atomic E-state index is 10.8. The highest BCUT2D eigenvalue weighted by Crippen LogP contribution is 2.12. The van der Waals surface area contributed by atoms with E-state index in [2.05, 4.69) is 19.0 Å². The zero-order valence-corrected chi connectivity index (χ0v) is 14.5. The van der Waals surface area contributed by atoms with Crippen molar-refractivity contribution in [1.82, 2.24) is 4.90 Å². The van der Waals surface area contributed by atoms with E-state index < -0.39 is 0 Å². The quantitative estimate of drug-likeness (QED) is 0.384. The van der Waals surface area contributed by atoms with Gasteiger partial charge >= 0.3 is 0 Å². The lowest BCUT2D eigenvalue weighted by molar-refractivity contribution is -0.114. The molecule has 0 aromatic rings. The SMILES string of the molecule is CC(=CCCCCCCCCCCCCN(C)C)C(N)=O. The van der Waals surface area contributed by atoms with Gasteiger partial charge in [-0.2, -0.15) is 0 Å². The number of hydrogen-bond donors (Lipinski definition) is 1. The summed E-state index contributed by atoms with van der Waals surface area (Å²) < 4.78 is 0. The Morgan fingerprint density at radius 2 is 1.29 bits per heavy atom. The van der Waals surface area contributed by atoms with Crippen molar-refractivity contribution in [1.29, 1.82) is 0 Å². The summed E-state index contributed by atoms with van der Waals surface area (Å²) in [5.74, 6) is -0.291. The van der Waals surface area contributed by atoms with Crippen molar-refractivity contribution < 1.29 is 4.79 Å². The molecule has 21 heavy (non-hydrogen) atoms. The molecular formula is C18H36N2O. The topological polar surface area (TPSA) is 46.3 Å². The fraction of sp³-hybridized carbons (Fsp3) is 0.833. The number of carbonyl (C=O) groups excluding carboxylic acids is 1. The number of nitrogens with zero attached hydrogens (tertiary/aromatic N) is 1. The van der Waals surface area contributed by atoms with Crippen LogP contribution >= 0.6 is 0 Å². The number of hydrogen-bond acceptors (Lipinski definition) is 2. The summed E-state index contributed by atoms with van der Waals surface area (Å²) in [6, 6.07) is 0. The van der Waals surface area contributed by atoms with Crippen molar-refractivity contribution in [2.75, 3.05) is 20.6 Å². The number of carbonyl (C=O) groups is 1. The Hall–Kier alpha value is -0.830. The van der Waals surface area contributed by atoms with Crippen molar-refractivity contribution in [2.24, 2.45) is 5.73 Å². The van der Waals surface area contributed by atoms with E-state index in [4.69, 9.17) is 5.73 Å². The smallest absolute Gasteiger partial charge is 0.244 e. The van der Waals surface area contributed by atoms with Gasteiger partial charge in [0.15, 0.2) is 0 Å². The van der Waals surface area contributed by atoms with Gasteiger partial charge in [0.25, 0.3) is 0 Å². The second-order valence-electron chi connectivity index (χ2n) is 6.38. The van der Waals surface area contributed by atoms with Gasteiger partial charge in [-0.1, -0.05) is 57.4 Å². The molecule has 0 atom stereocenters. The predicted molar refractivity (Wildman–Crippen MR) is 92.3 cm³/mol. The maximum Gasteiger partial charge on any atom is 0.244 e. The van der Waals surface area contributed by atoms with Crippen LogP contribution in [0, 0.1) is 0 Å². The van der Waals surface area contributed by atoms with E-state index in [9.17, 15) is 4.79 Å². The molecule has 3 nitrogen and oxygen atoms in total. The molecular weight excluding hydrogens is 260 g/mol. The van der Waals surface area contributed by atoms with Crippen LogP contribution < -0.4 is 5.73 Å². The molecule has 0 heterocycles. The third-order valence-corrected chi connectivity index (χ3v) is 3.90. The van der Waals surface area contributed by atoms with Crippen LogP contribution in [0.3, 0.4) is 0 Å². The molecule has 3 heteroatoms. The minimum absolute atomic E-state index is 0.291. The molecule has 0 rings (SSSR count). The van der Waals surface area contributed by atoms with Gasteiger partial charge in [-0.3, -0.25) is 4.79 Å². The summed E-state index contributed by atoms with van der Waals surface area (Å²) in [4.78, 5) is 13.1. The molecule has 0 aliphatic rings. The largest absolute Gasteiger partial charge is 0.366 e. The van der Waals surface area contributed by atoms with Gasteiger partial charge in [0.05, 0.1) is 0 Å². The zero-order chi connectivity index (χ0) is 15.9. The Balaban J connectivity index is 3.16. The zero-order valence-electron chi connectivity index (χ0n) is 14.5. The summed E-state index contributed by atoms with van der Waals surface area (Å²) in [6.07, 6.45) is 16.4. The highest BCUT2D eigenvalue weighted by molar-refractivity contribution is 5.91. The molecule has 0 saturated heterocycles. The molecule has 1 amide bonds. The van der Waals surface area contributed by atoms with E-state index in [-0.39, 0.29) is 5.91 Å². The maximum absolute atomic E-state index is 10.8. The first-order valence-corrected chi connectivity index (χ1v) is 8.65. The summed E-state index contributed by atoms with van der Waals surface area (Å²) >= 11 is 0. The van der Waals surface area contributed by atoms with Crippen LogP contribution in [-0.2, 0) is 4.79 Å². The molecule has 0 unspecified atom stereocenters. The number of nitrogens with two attached hydrogens (primary N) is 1. The molecule has 0 saturated carbocycles. The van der Waals surface area contributed by atoms with Crippen molar-refractivity contribution in [3.63, 3.8) is 0 Å². The average Bonchev–Trinajstić information content (AvgIpc) is 2.43. The highest BCUT2D eigenvalue weighted by atomic mass is 16.1. The lowest BCUT2D eigenvalue weighted by Crippen LogP contribution is -2.12. The first-order valence-electron chi connectivity index (χ1n) is 8.65. The Morgan fingerprint density at radius 1 is 0.857 bits per heavy atom. The van der Waals surface area contributed by atoms with Crippen LogP contribution in [0.25, 0.3) is 0 Å². The second-order valence-corrected chi connectivity index (χ2v) is 6.38. The van der Waals surface area contributed by atoms with E-state index in [0.29, 0.717) is 5.57 Å². The molecule has 0 fully saturated rings. The Morgan fingerprint density at radius 3 is 1.71 bits per heavy atom.